The molecule has 10 heavy (non-hydrogen) atoms. The molecule has 4 heteroatoms. The molecule has 0 amide bonds. The Hall–Kier alpha value is -1.13. The van der Waals surface area contributed by atoms with Crippen molar-refractivity contribution in [1.82, 2.24) is 0 Å². The molecule has 0 heterocycles. The molecule has 1 aromatic rings. The second kappa shape index (κ2) is 3.81. The smallest absolute Gasteiger partial charge is 0.147 e. The van der Waals surface area contributed by atoms with Crippen molar-refractivity contribution in [2.45, 2.75) is 0 Å². The number of hydrazine groups is 1. The minimum atomic E-state index is -0.333. The number of hydrogen-bond acceptors (Lipinski definition) is 2. The zero-order valence-electron chi connectivity index (χ0n) is 5.26. The minimum absolute atomic E-state index is 0. The van der Waals surface area contributed by atoms with E-state index < -0.39 is 0 Å². The molecule has 0 saturated heterocycles. The Labute approximate surface area is 57.9 Å². The maximum Gasteiger partial charge on any atom is 0.147 e. The number of nitrogens with one attached hydrogen (secondary N) is 1. The van der Waals surface area contributed by atoms with Gasteiger partial charge in [-0.15, -0.1) is 0 Å². The summed E-state index contributed by atoms with van der Waals surface area (Å²) in [6, 6.07) is 6.22. The second-order valence-electron chi connectivity index (χ2n) is 1.62. The van der Waals surface area contributed by atoms with Crippen molar-refractivity contribution in [1.29, 1.82) is 0 Å². The molecular weight excluding hydrogens is 135 g/mol. The number of rotatable bonds is 1. The van der Waals surface area contributed by atoms with E-state index in [-0.39, 0.29) is 11.3 Å². The summed E-state index contributed by atoms with van der Waals surface area (Å²) < 4.78 is 12.4. The fraction of sp³-hybridized carbons (Fsp3) is 0. The predicted octanol–water partition coefficient (Wildman–Crippen LogP) is 0.287. The van der Waals surface area contributed by atoms with E-state index in [9.17, 15) is 4.39 Å². The second-order valence-corrected chi connectivity index (χ2v) is 1.62. The zero-order chi connectivity index (χ0) is 6.69. The lowest BCUT2D eigenvalue weighted by Gasteiger charge is -1.97. The summed E-state index contributed by atoms with van der Waals surface area (Å²) in [4.78, 5) is 0. The Morgan fingerprint density at radius 1 is 1.30 bits per heavy atom. The van der Waals surface area contributed by atoms with Crippen molar-refractivity contribution in [3.63, 3.8) is 0 Å². The van der Waals surface area contributed by atoms with Crippen LogP contribution in [0.3, 0.4) is 0 Å². The first kappa shape index (κ1) is 8.87. The van der Waals surface area contributed by atoms with E-state index in [1.807, 2.05) is 0 Å². The zero-order valence-corrected chi connectivity index (χ0v) is 5.26. The van der Waals surface area contributed by atoms with Crippen LogP contribution < -0.4 is 11.3 Å². The molecule has 1 aromatic carbocycles. The molecular formula is C6H9FN2O. The van der Waals surface area contributed by atoms with Crippen LogP contribution in [0.1, 0.15) is 0 Å². The molecule has 3 nitrogen and oxygen atoms in total. The van der Waals surface area contributed by atoms with Gasteiger partial charge in [-0.2, -0.15) is 0 Å². The molecule has 56 valence electrons. The van der Waals surface area contributed by atoms with Gasteiger partial charge in [0.15, 0.2) is 0 Å². The highest BCUT2D eigenvalue weighted by Crippen LogP contribution is 2.09. The van der Waals surface area contributed by atoms with E-state index >= 15 is 0 Å². The number of nitrogen functional groups attached to an aromatic ring is 1. The van der Waals surface area contributed by atoms with Crippen LogP contribution in [0.25, 0.3) is 0 Å². The quantitative estimate of drug-likeness (QED) is 0.439. The van der Waals surface area contributed by atoms with Gasteiger partial charge < -0.3 is 10.9 Å². The van der Waals surface area contributed by atoms with E-state index in [1.165, 1.54) is 6.07 Å². The summed E-state index contributed by atoms with van der Waals surface area (Å²) in [6.07, 6.45) is 0. The largest absolute Gasteiger partial charge is 0.412 e. The van der Waals surface area contributed by atoms with Gasteiger partial charge in [0.2, 0.25) is 0 Å². The standard InChI is InChI=1S/C6H7FN2.H2O/c7-5-3-1-2-4-6(5)9-8;/h1-4,9H,8H2;1H2. The number of nitrogens with two attached hydrogens (primary N) is 1. The van der Waals surface area contributed by atoms with Gasteiger partial charge in [0.1, 0.15) is 5.82 Å². The third-order valence-electron chi connectivity index (χ3n) is 1.03. The van der Waals surface area contributed by atoms with Crippen molar-refractivity contribution < 1.29 is 9.87 Å². The average molecular weight is 144 g/mol. The maximum absolute atomic E-state index is 12.4. The molecule has 0 aliphatic carbocycles. The number of benzene rings is 1. The van der Waals surface area contributed by atoms with Crippen molar-refractivity contribution in [2.75, 3.05) is 5.43 Å². The summed E-state index contributed by atoms with van der Waals surface area (Å²) in [5, 5.41) is 0. The number of hydrogen-bond donors (Lipinski definition) is 2. The number of anilines is 1. The van der Waals surface area contributed by atoms with Crippen LogP contribution >= 0.6 is 0 Å². The van der Waals surface area contributed by atoms with Gasteiger partial charge in [-0.1, -0.05) is 12.1 Å². The average Bonchev–Trinajstić information content (AvgIpc) is 1.89. The van der Waals surface area contributed by atoms with Crippen LogP contribution in [0.2, 0.25) is 0 Å². The highest BCUT2D eigenvalue weighted by molar-refractivity contribution is 5.42. The van der Waals surface area contributed by atoms with Crippen molar-refractivity contribution in [3.8, 4) is 0 Å². The van der Waals surface area contributed by atoms with Crippen molar-refractivity contribution >= 4 is 5.69 Å². The van der Waals surface area contributed by atoms with E-state index in [0.717, 1.165) is 0 Å². The molecule has 0 fully saturated rings. The molecule has 0 saturated carbocycles. The monoisotopic (exact) mass is 144 g/mol. The number of halogens is 1. The summed E-state index contributed by atoms with van der Waals surface area (Å²) in [5.74, 6) is 4.63. The minimum Gasteiger partial charge on any atom is -0.412 e. The van der Waals surface area contributed by atoms with Crippen LogP contribution in [0.4, 0.5) is 10.1 Å². The third-order valence-corrected chi connectivity index (χ3v) is 1.03. The maximum atomic E-state index is 12.4. The summed E-state index contributed by atoms with van der Waals surface area (Å²) >= 11 is 0. The Morgan fingerprint density at radius 3 is 2.30 bits per heavy atom. The summed E-state index contributed by atoms with van der Waals surface area (Å²) in [6.45, 7) is 0. The highest BCUT2D eigenvalue weighted by atomic mass is 19.1. The molecule has 5 N–H and O–H groups in total. The Balaban J connectivity index is 0.000000810. The molecule has 1 rings (SSSR count). The van der Waals surface area contributed by atoms with Gasteiger partial charge in [-0.05, 0) is 12.1 Å². The topological polar surface area (TPSA) is 69.5 Å². The first-order valence-corrected chi connectivity index (χ1v) is 2.56. The van der Waals surface area contributed by atoms with Crippen LogP contribution in [0, 0.1) is 5.82 Å². The van der Waals surface area contributed by atoms with Gasteiger partial charge in [0.25, 0.3) is 0 Å². The van der Waals surface area contributed by atoms with Gasteiger partial charge in [-0.25, -0.2) is 4.39 Å². The molecule has 0 spiro atoms. The van der Waals surface area contributed by atoms with E-state index in [4.69, 9.17) is 5.84 Å². The normalized spacial score (nSPS) is 8.20. The molecule has 0 radical (unpaired) electrons. The highest BCUT2D eigenvalue weighted by Gasteiger charge is 1.93. The van der Waals surface area contributed by atoms with E-state index in [1.54, 1.807) is 18.2 Å². The van der Waals surface area contributed by atoms with Crippen LogP contribution in [-0.2, 0) is 0 Å². The lowest BCUT2D eigenvalue weighted by atomic mass is 10.3. The summed E-state index contributed by atoms with van der Waals surface area (Å²) in [5.41, 5.74) is 2.54. The molecule has 0 aliphatic heterocycles. The van der Waals surface area contributed by atoms with Gasteiger partial charge >= 0.3 is 0 Å². The Kier molecular flexibility index (Phi) is 3.38. The van der Waals surface area contributed by atoms with Crippen LogP contribution in [0.15, 0.2) is 24.3 Å². The van der Waals surface area contributed by atoms with Crippen LogP contribution in [0.5, 0.6) is 0 Å². The fourth-order valence-corrected chi connectivity index (χ4v) is 0.578. The first-order chi connectivity index (χ1) is 4.34. The molecule has 0 bridgehead atoms. The van der Waals surface area contributed by atoms with E-state index in [0.29, 0.717) is 5.69 Å². The fourth-order valence-electron chi connectivity index (χ4n) is 0.578. The molecule has 0 atom stereocenters. The van der Waals surface area contributed by atoms with Gasteiger partial charge in [-0.3, -0.25) is 5.84 Å². The first-order valence-electron chi connectivity index (χ1n) is 2.56. The SMILES string of the molecule is NNc1ccccc1F.O. The Morgan fingerprint density at radius 2 is 1.90 bits per heavy atom. The number of para-hydroxylation sites is 1. The summed E-state index contributed by atoms with van der Waals surface area (Å²) in [7, 11) is 0. The molecule has 0 unspecified atom stereocenters. The molecule has 0 aromatic heterocycles. The molecule has 0 aliphatic rings. The van der Waals surface area contributed by atoms with Gasteiger partial charge in [0.05, 0.1) is 5.69 Å². The van der Waals surface area contributed by atoms with Gasteiger partial charge in [0, 0.05) is 0 Å². The van der Waals surface area contributed by atoms with Crippen molar-refractivity contribution in [3.05, 3.63) is 30.1 Å². The third kappa shape index (κ3) is 1.68. The lowest BCUT2D eigenvalue weighted by Crippen LogP contribution is -2.07. The predicted molar refractivity (Wildman–Crippen MR) is 37.8 cm³/mol. The Bertz CT molecular complexity index is 205. The lowest BCUT2D eigenvalue weighted by molar-refractivity contribution is 0.630. The van der Waals surface area contributed by atoms with E-state index in [2.05, 4.69) is 5.43 Å². The van der Waals surface area contributed by atoms with Crippen molar-refractivity contribution in [2.24, 2.45) is 5.84 Å². The van der Waals surface area contributed by atoms with Crippen LogP contribution in [-0.4, -0.2) is 5.48 Å².